The summed E-state index contributed by atoms with van der Waals surface area (Å²) in [4.78, 5) is 11.7. The van der Waals surface area contributed by atoms with E-state index in [0.717, 1.165) is 25.7 Å². The predicted molar refractivity (Wildman–Crippen MR) is 103 cm³/mol. The van der Waals surface area contributed by atoms with Crippen LogP contribution in [0.2, 0.25) is 0 Å². The van der Waals surface area contributed by atoms with Crippen LogP contribution in [0.3, 0.4) is 0 Å². The van der Waals surface area contributed by atoms with Crippen molar-refractivity contribution in [3.8, 4) is 0 Å². The third kappa shape index (κ3) is 9.34. The van der Waals surface area contributed by atoms with Crippen molar-refractivity contribution < 1.29 is 14.3 Å². The molecule has 0 bridgehead atoms. The standard InChI is InChI=1S/C20H34N2O3/c1-6-10-16-11-7-8-13-18(16)22-17(15-24-5)12-9-14-21-19(23)25-20(2,3)4/h7-8,11,13,17,22H,6,9-10,12,14-15H2,1-5H3,(H,21,23). The molecule has 0 spiro atoms. The molecule has 0 fully saturated rings. The average Bonchev–Trinajstić information content (AvgIpc) is 2.52. The maximum atomic E-state index is 11.7. The van der Waals surface area contributed by atoms with Gasteiger partial charge in [0, 0.05) is 25.4 Å². The first kappa shape index (κ1) is 21.3. The molecule has 1 atom stereocenters. The van der Waals surface area contributed by atoms with Gasteiger partial charge in [-0.1, -0.05) is 31.5 Å². The molecule has 5 heteroatoms. The van der Waals surface area contributed by atoms with Gasteiger partial charge in [-0.3, -0.25) is 0 Å². The van der Waals surface area contributed by atoms with Gasteiger partial charge in [0.25, 0.3) is 0 Å². The maximum absolute atomic E-state index is 11.7. The monoisotopic (exact) mass is 350 g/mol. The summed E-state index contributed by atoms with van der Waals surface area (Å²) in [6.45, 7) is 8.99. The molecular formula is C20H34N2O3. The summed E-state index contributed by atoms with van der Waals surface area (Å²) in [7, 11) is 1.71. The van der Waals surface area contributed by atoms with Crippen molar-refractivity contribution in [2.45, 2.75) is 65.0 Å². The van der Waals surface area contributed by atoms with E-state index in [1.165, 1.54) is 11.3 Å². The van der Waals surface area contributed by atoms with Gasteiger partial charge in [-0.15, -0.1) is 0 Å². The number of methoxy groups -OCH3 is 1. The van der Waals surface area contributed by atoms with Crippen LogP contribution in [0.4, 0.5) is 10.5 Å². The molecule has 1 aromatic carbocycles. The third-order valence-corrected chi connectivity index (χ3v) is 3.66. The SMILES string of the molecule is CCCc1ccccc1NC(CCCNC(=O)OC(C)(C)C)COC. The van der Waals surface area contributed by atoms with E-state index < -0.39 is 5.60 Å². The molecule has 0 heterocycles. The lowest BCUT2D eigenvalue weighted by Gasteiger charge is -2.22. The highest BCUT2D eigenvalue weighted by Crippen LogP contribution is 2.19. The maximum Gasteiger partial charge on any atom is 0.407 e. The zero-order valence-corrected chi connectivity index (χ0v) is 16.4. The topological polar surface area (TPSA) is 59.6 Å². The Morgan fingerprint density at radius 3 is 2.60 bits per heavy atom. The third-order valence-electron chi connectivity index (χ3n) is 3.66. The number of rotatable bonds is 10. The molecule has 0 radical (unpaired) electrons. The van der Waals surface area contributed by atoms with Gasteiger partial charge in [0.05, 0.1) is 6.61 Å². The summed E-state index contributed by atoms with van der Waals surface area (Å²) in [6, 6.07) is 8.62. The molecule has 0 aliphatic heterocycles. The Kier molecular flexibility index (Phi) is 9.35. The molecule has 142 valence electrons. The number of carbonyl (C=O) groups excluding carboxylic acids is 1. The van der Waals surface area contributed by atoms with Crippen LogP contribution in [-0.4, -0.2) is 38.0 Å². The van der Waals surface area contributed by atoms with Gasteiger partial charge in [-0.05, 0) is 51.7 Å². The van der Waals surface area contributed by atoms with Crippen LogP contribution >= 0.6 is 0 Å². The van der Waals surface area contributed by atoms with Crippen molar-refractivity contribution in [1.82, 2.24) is 5.32 Å². The van der Waals surface area contributed by atoms with E-state index in [-0.39, 0.29) is 12.1 Å². The van der Waals surface area contributed by atoms with E-state index in [9.17, 15) is 4.79 Å². The molecule has 0 aliphatic carbocycles. The first-order chi connectivity index (χ1) is 11.9. The minimum atomic E-state index is -0.465. The summed E-state index contributed by atoms with van der Waals surface area (Å²) >= 11 is 0. The lowest BCUT2D eigenvalue weighted by molar-refractivity contribution is 0.0526. The van der Waals surface area contributed by atoms with E-state index >= 15 is 0 Å². The Hall–Kier alpha value is -1.75. The lowest BCUT2D eigenvalue weighted by Crippen LogP contribution is -2.34. The zero-order valence-electron chi connectivity index (χ0n) is 16.4. The second-order valence-electron chi connectivity index (χ2n) is 7.27. The van der Waals surface area contributed by atoms with Gasteiger partial charge in [0.1, 0.15) is 5.60 Å². The number of amides is 1. The van der Waals surface area contributed by atoms with Crippen molar-refractivity contribution in [2.24, 2.45) is 0 Å². The van der Waals surface area contributed by atoms with Crippen molar-refractivity contribution in [3.63, 3.8) is 0 Å². The number of carbonyl (C=O) groups is 1. The van der Waals surface area contributed by atoms with E-state index in [1.54, 1.807) is 7.11 Å². The number of nitrogens with one attached hydrogen (secondary N) is 2. The van der Waals surface area contributed by atoms with Crippen LogP contribution in [0, 0.1) is 0 Å². The Morgan fingerprint density at radius 1 is 1.24 bits per heavy atom. The van der Waals surface area contributed by atoms with Crippen LogP contribution in [0.25, 0.3) is 0 Å². The fourth-order valence-electron chi connectivity index (χ4n) is 2.62. The molecule has 1 aromatic rings. The number of ether oxygens (including phenoxy) is 2. The van der Waals surface area contributed by atoms with E-state index in [2.05, 4.69) is 41.8 Å². The summed E-state index contributed by atoms with van der Waals surface area (Å²) < 4.78 is 10.6. The lowest BCUT2D eigenvalue weighted by atomic mass is 10.1. The molecule has 0 saturated carbocycles. The number of benzene rings is 1. The first-order valence-electron chi connectivity index (χ1n) is 9.16. The second-order valence-corrected chi connectivity index (χ2v) is 7.27. The average molecular weight is 351 g/mol. The molecule has 1 unspecified atom stereocenters. The quantitative estimate of drug-likeness (QED) is 0.615. The van der Waals surface area contributed by atoms with E-state index in [4.69, 9.17) is 9.47 Å². The molecule has 1 rings (SSSR count). The second kappa shape index (κ2) is 11.0. The van der Waals surface area contributed by atoms with E-state index in [1.807, 2.05) is 20.8 Å². The number of para-hydroxylation sites is 1. The van der Waals surface area contributed by atoms with E-state index in [0.29, 0.717) is 13.2 Å². The number of anilines is 1. The van der Waals surface area contributed by atoms with Gasteiger partial charge in [-0.2, -0.15) is 0 Å². The molecule has 1 amide bonds. The summed E-state index contributed by atoms with van der Waals surface area (Å²) in [6.07, 6.45) is 3.58. The van der Waals surface area contributed by atoms with Crippen LogP contribution in [0.1, 0.15) is 52.5 Å². The predicted octanol–water partition coefficient (Wildman–Crippen LogP) is 4.37. The fourth-order valence-corrected chi connectivity index (χ4v) is 2.62. The number of hydrogen-bond donors (Lipinski definition) is 2. The molecule has 0 saturated heterocycles. The van der Waals surface area contributed by atoms with Crippen LogP contribution in [-0.2, 0) is 15.9 Å². The van der Waals surface area contributed by atoms with Crippen LogP contribution in [0.15, 0.2) is 24.3 Å². The first-order valence-corrected chi connectivity index (χ1v) is 9.16. The highest BCUT2D eigenvalue weighted by atomic mass is 16.6. The van der Waals surface area contributed by atoms with Crippen molar-refractivity contribution in [1.29, 1.82) is 0 Å². The van der Waals surface area contributed by atoms with Gasteiger partial charge in [0.2, 0.25) is 0 Å². The van der Waals surface area contributed by atoms with Gasteiger partial charge >= 0.3 is 6.09 Å². The minimum Gasteiger partial charge on any atom is -0.444 e. The van der Waals surface area contributed by atoms with Crippen molar-refractivity contribution in [2.75, 3.05) is 25.6 Å². The molecule has 0 aliphatic rings. The van der Waals surface area contributed by atoms with Crippen LogP contribution < -0.4 is 10.6 Å². The number of alkyl carbamates (subject to hydrolysis) is 1. The summed E-state index contributed by atoms with van der Waals surface area (Å²) in [5.74, 6) is 0. The summed E-state index contributed by atoms with van der Waals surface area (Å²) in [5.41, 5.74) is 2.04. The zero-order chi connectivity index (χ0) is 18.7. The van der Waals surface area contributed by atoms with Gasteiger partial charge in [-0.25, -0.2) is 4.79 Å². The van der Waals surface area contributed by atoms with Gasteiger partial charge < -0.3 is 20.1 Å². The Labute approximate surface area is 152 Å². The van der Waals surface area contributed by atoms with Crippen molar-refractivity contribution in [3.05, 3.63) is 29.8 Å². The number of hydrogen-bond acceptors (Lipinski definition) is 4. The highest BCUT2D eigenvalue weighted by Gasteiger charge is 2.16. The molecule has 2 N–H and O–H groups in total. The number of aryl methyl sites for hydroxylation is 1. The molecule has 0 aromatic heterocycles. The minimum absolute atomic E-state index is 0.212. The fraction of sp³-hybridized carbons (Fsp3) is 0.650. The Balaban J connectivity index is 2.46. The molecule has 25 heavy (non-hydrogen) atoms. The van der Waals surface area contributed by atoms with Gasteiger partial charge in [0.15, 0.2) is 0 Å². The Morgan fingerprint density at radius 2 is 1.96 bits per heavy atom. The largest absolute Gasteiger partial charge is 0.444 e. The normalized spacial score (nSPS) is 12.5. The molecule has 5 nitrogen and oxygen atoms in total. The summed E-state index contributed by atoms with van der Waals surface area (Å²) in [5, 5.41) is 6.39. The Bertz CT molecular complexity index is 512. The van der Waals surface area contributed by atoms with Crippen LogP contribution in [0.5, 0.6) is 0 Å². The molecular weight excluding hydrogens is 316 g/mol. The van der Waals surface area contributed by atoms with Crippen molar-refractivity contribution >= 4 is 11.8 Å². The highest BCUT2D eigenvalue weighted by molar-refractivity contribution is 5.67. The smallest absolute Gasteiger partial charge is 0.407 e.